The third-order valence-electron chi connectivity index (χ3n) is 0.233. The van der Waals surface area contributed by atoms with Crippen molar-refractivity contribution in [3.63, 3.8) is 0 Å². The van der Waals surface area contributed by atoms with Gasteiger partial charge in [0.25, 0.3) is 0 Å². The fourth-order valence-electron chi connectivity index (χ4n) is 0.114. The van der Waals surface area contributed by atoms with Gasteiger partial charge in [0.2, 0.25) is 0 Å². The van der Waals surface area contributed by atoms with Crippen LogP contribution in [-0.2, 0) is 4.65 Å². The first-order valence-electron chi connectivity index (χ1n) is 1.50. The average Bonchev–Trinajstić information content (AvgIpc) is 1.27. The Morgan fingerprint density at radius 1 is 1.71 bits per heavy atom. The van der Waals surface area contributed by atoms with Crippen molar-refractivity contribution in [1.29, 1.82) is 0 Å². The molecule has 0 aromatic rings. The first-order chi connectivity index (χ1) is 3.13. The molecule has 0 unspecified atom stereocenters. The summed E-state index contributed by atoms with van der Waals surface area (Å²) in [5, 5.41) is 15.6. The first-order valence-corrected chi connectivity index (χ1v) is 1.88. The fourth-order valence-corrected chi connectivity index (χ4v) is 0.194. The topological polar surface area (TPSA) is 49.7 Å². The number of hydrogen-bond acceptors (Lipinski definition) is 3. The van der Waals surface area contributed by atoms with Crippen LogP contribution in [-0.4, -0.2) is 17.4 Å². The number of rotatable bonds is 2. The lowest BCUT2D eigenvalue weighted by atomic mass is 10.3. The highest BCUT2D eigenvalue weighted by atomic mass is 35.5. The van der Waals surface area contributed by atoms with Gasteiger partial charge in [-0.3, -0.25) is 0 Å². The van der Waals surface area contributed by atoms with E-state index in [1.54, 1.807) is 0 Å². The molecule has 0 aliphatic heterocycles. The third kappa shape index (κ3) is 5.81. The van der Waals surface area contributed by atoms with E-state index in [4.69, 9.17) is 21.6 Å². The smallest absolute Gasteiger partial charge is 0.504 e. The van der Waals surface area contributed by atoms with Crippen molar-refractivity contribution in [2.75, 3.05) is 0 Å². The third-order valence-corrected chi connectivity index (χ3v) is 0.322. The molecule has 7 heavy (non-hydrogen) atoms. The maximum atomic E-state index is 7.91. The van der Waals surface area contributed by atoms with Gasteiger partial charge >= 0.3 is 7.32 Å². The van der Waals surface area contributed by atoms with E-state index in [1.807, 2.05) is 0 Å². The molecule has 0 heterocycles. The Morgan fingerprint density at radius 2 is 2.14 bits per heavy atom. The molecule has 0 saturated heterocycles. The van der Waals surface area contributed by atoms with Crippen LogP contribution in [0.2, 0.25) is 0 Å². The van der Waals surface area contributed by atoms with E-state index in [-0.39, 0.29) is 5.22 Å². The molecule has 0 aliphatic rings. The molecule has 0 spiro atoms. The summed E-state index contributed by atoms with van der Waals surface area (Å²) in [5.74, 6) is 0. The monoisotopic (exact) mass is 122 g/mol. The summed E-state index contributed by atoms with van der Waals surface area (Å²) in [5.41, 5.74) is 0. The highest BCUT2D eigenvalue weighted by Crippen LogP contribution is 1.96. The number of halogens is 1. The minimum Gasteiger partial charge on any atom is -0.504 e. The zero-order valence-corrected chi connectivity index (χ0v) is 4.22. The second kappa shape index (κ2) is 2.90. The molecular weight excluding hydrogens is 118 g/mol. The van der Waals surface area contributed by atoms with Gasteiger partial charge in [0.05, 0.1) is 0 Å². The molecule has 0 aliphatic carbocycles. The lowest BCUT2D eigenvalue weighted by molar-refractivity contribution is 0.251. The Bertz CT molecular complexity index is 73.3. The Morgan fingerprint density at radius 3 is 2.14 bits per heavy atom. The summed E-state index contributed by atoms with van der Waals surface area (Å²) < 4.78 is 3.93. The maximum absolute atomic E-state index is 7.91. The van der Waals surface area contributed by atoms with Crippen LogP contribution >= 0.6 is 11.6 Å². The van der Waals surface area contributed by atoms with Crippen LogP contribution in [0.3, 0.4) is 0 Å². The fraction of sp³-hybridized carbons (Fsp3) is 0. The predicted molar refractivity (Wildman–Crippen MR) is 26.3 cm³/mol. The van der Waals surface area contributed by atoms with Crippen molar-refractivity contribution >= 4 is 18.9 Å². The van der Waals surface area contributed by atoms with Gasteiger partial charge in [-0.05, 0) is 18.2 Å². The predicted octanol–water partition coefficient (Wildman–Crippen LogP) is -0.318. The summed E-state index contributed by atoms with van der Waals surface area (Å²) in [7, 11) is -1.86. The van der Waals surface area contributed by atoms with E-state index in [0.29, 0.717) is 0 Å². The van der Waals surface area contributed by atoms with Crippen LogP contribution in [0.1, 0.15) is 0 Å². The number of hydrogen-bond donors (Lipinski definition) is 2. The van der Waals surface area contributed by atoms with Crippen molar-refractivity contribution in [2.45, 2.75) is 0 Å². The molecule has 3 nitrogen and oxygen atoms in total. The molecule has 40 valence electrons. The van der Waals surface area contributed by atoms with Gasteiger partial charge in [-0.1, -0.05) is 0 Å². The molecule has 0 amide bonds. The first kappa shape index (κ1) is 6.81. The molecule has 0 rings (SSSR count). The normalized spacial score (nSPS) is 7.86. The van der Waals surface area contributed by atoms with Crippen molar-refractivity contribution in [1.82, 2.24) is 0 Å². The second-order valence-electron chi connectivity index (χ2n) is 0.799. The van der Waals surface area contributed by atoms with E-state index < -0.39 is 7.32 Å². The van der Waals surface area contributed by atoms with Gasteiger partial charge in [0.1, 0.15) is 0 Å². The quantitative estimate of drug-likeness (QED) is 0.390. The lowest BCUT2D eigenvalue weighted by Crippen LogP contribution is -2.14. The summed E-state index contributed by atoms with van der Waals surface area (Å²) in [6, 6.07) is 0. The van der Waals surface area contributed by atoms with E-state index in [0.717, 1.165) is 0 Å². The highest BCUT2D eigenvalue weighted by molar-refractivity contribution is 6.37. The minimum atomic E-state index is -1.86. The minimum absolute atomic E-state index is 0.241. The van der Waals surface area contributed by atoms with Gasteiger partial charge in [0.15, 0.2) is 5.22 Å². The van der Waals surface area contributed by atoms with Crippen LogP contribution in [0.4, 0.5) is 0 Å². The molecule has 5 heteroatoms. The second-order valence-corrected chi connectivity index (χ2v) is 1.22. The molecule has 2 N–H and O–H groups in total. The van der Waals surface area contributed by atoms with Gasteiger partial charge < -0.3 is 14.7 Å². The largest absolute Gasteiger partial charge is 0.708 e. The molecule has 0 aromatic carbocycles. The van der Waals surface area contributed by atoms with Crippen molar-refractivity contribution in [3.8, 4) is 0 Å². The van der Waals surface area contributed by atoms with Crippen LogP contribution in [0, 0.1) is 0 Å². The van der Waals surface area contributed by atoms with Crippen molar-refractivity contribution in [3.05, 3.63) is 11.8 Å². The molecule has 0 fully saturated rings. The zero-order chi connectivity index (χ0) is 5.86. The summed E-state index contributed by atoms with van der Waals surface area (Å²) >= 11 is 4.94. The van der Waals surface area contributed by atoms with Gasteiger partial charge in [-0.2, -0.15) is 0 Å². The molecule has 0 radical (unpaired) electrons. The Kier molecular flexibility index (Phi) is 2.83. The van der Waals surface area contributed by atoms with Crippen LogP contribution < -0.4 is 0 Å². The van der Waals surface area contributed by atoms with Crippen molar-refractivity contribution in [2.24, 2.45) is 0 Å². The van der Waals surface area contributed by atoms with E-state index >= 15 is 0 Å². The van der Waals surface area contributed by atoms with Crippen LogP contribution in [0.5, 0.6) is 0 Å². The maximum Gasteiger partial charge on any atom is 0.708 e. The van der Waals surface area contributed by atoms with Crippen molar-refractivity contribution < 1.29 is 14.7 Å². The van der Waals surface area contributed by atoms with E-state index in [1.165, 1.54) is 0 Å². The summed E-state index contributed by atoms with van der Waals surface area (Å²) in [4.78, 5) is 0. The Labute approximate surface area is 46.3 Å². The summed E-state index contributed by atoms with van der Waals surface area (Å²) in [6.45, 7) is 3.02. The summed E-state index contributed by atoms with van der Waals surface area (Å²) in [6.07, 6.45) is 0. The van der Waals surface area contributed by atoms with Crippen LogP contribution in [0.15, 0.2) is 11.8 Å². The zero-order valence-electron chi connectivity index (χ0n) is 3.47. The lowest BCUT2D eigenvalue weighted by Gasteiger charge is -1.96. The standard InChI is InChI=1S/C2H4BClO3/c1-2(4)7-3(5)6/h5-6H,1H2. The Hall–Kier alpha value is -0.185. The average molecular weight is 122 g/mol. The SMILES string of the molecule is C=C(Cl)OB(O)O. The molecular formula is C2H4BClO3. The van der Waals surface area contributed by atoms with Gasteiger partial charge in [0, 0.05) is 0 Å². The molecule has 0 saturated carbocycles. The van der Waals surface area contributed by atoms with E-state index in [9.17, 15) is 0 Å². The van der Waals surface area contributed by atoms with Gasteiger partial charge in [-0.15, -0.1) is 0 Å². The van der Waals surface area contributed by atoms with E-state index in [2.05, 4.69) is 11.2 Å². The molecule has 0 bridgehead atoms. The molecule has 0 aromatic heterocycles. The Balaban J connectivity index is 3.13. The van der Waals surface area contributed by atoms with Crippen LogP contribution in [0.25, 0.3) is 0 Å². The molecule has 0 atom stereocenters. The highest BCUT2D eigenvalue weighted by Gasteiger charge is 2.09. The van der Waals surface area contributed by atoms with Gasteiger partial charge in [-0.25, -0.2) is 0 Å².